The number of aromatic nitrogens is 3. The van der Waals surface area contributed by atoms with Gasteiger partial charge in [-0.15, -0.1) is 9.78 Å². The van der Waals surface area contributed by atoms with Crippen LogP contribution in [0.2, 0.25) is 0 Å². The van der Waals surface area contributed by atoms with Crippen molar-refractivity contribution >= 4 is 11.6 Å². The van der Waals surface area contributed by atoms with Crippen LogP contribution in [0.15, 0.2) is 29.2 Å². The maximum atomic E-state index is 12.3. The van der Waals surface area contributed by atoms with Crippen LogP contribution in [0, 0.1) is 0 Å². The summed E-state index contributed by atoms with van der Waals surface area (Å²) in [7, 11) is 1.91. The average Bonchev–Trinajstić information content (AvgIpc) is 2.86. The number of rotatable bonds is 3. The maximum absolute atomic E-state index is 12.3. The smallest absolute Gasteiger partial charge is 0.315 e. The molecule has 2 aromatic heterocycles. The molecule has 1 N–H and O–H groups in total. The first kappa shape index (κ1) is 14.0. The summed E-state index contributed by atoms with van der Waals surface area (Å²) in [5.74, 6) is -0.295. The topological polar surface area (TPSA) is 71.6 Å². The van der Waals surface area contributed by atoms with E-state index in [1.807, 2.05) is 11.9 Å². The van der Waals surface area contributed by atoms with Gasteiger partial charge in [-0.3, -0.25) is 9.69 Å². The molecule has 1 atom stereocenters. The standard InChI is InChI=1S/C14H19N5O2/c1-17(11-5-4-7-15-9-11)10-13(20)19-14(21)18-8-3-2-6-12(18)16-19/h2-3,6,8,11,15H,4-5,7,9-10H2,1H3. The van der Waals surface area contributed by atoms with Gasteiger partial charge in [-0.25, -0.2) is 9.20 Å². The number of nitrogens with one attached hydrogen (secondary N) is 1. The van der Waals surface area contributed by atoms with Gasteiger partial charge in [0, 0.05) is 18.8 Å². The predicted molar refractivity (Wildman–Crippen MR) is 78.6 cm³/mol. The fourth-order valence-electron chi connectivity index (χ4n) is 2.71. The van der Waals surface area contributed by atoms with Crippen LogP contribution in [0.3, 0.4) is 0 Å². The summed E-state index contributed by atoms with van der Waals surface area (Å²) in [6.07, 6.45) is 3.79. The van der Waals surface area contributed by atoms with Gasteiger partial charge in [0.1, 0.15) is 0 Å². The summed E-state index contributed by atoms with van der Waals surface area (Å²) < 4.78 is 2.34. The number of carbonyl (C=O) groups is 1. The van der Waals surface area contributed by atoms with Gasteiger partial charge in [-0.05, 0) is 38.6 Å². The molecule has 0 aliphatic carbocycles. The lowest BCUT2D eigenvalue weighted by Gasteiger charge is -2.30. The molecular weight excluding hydrogens is 270 g/mol. The SMILES string of the molecule is CN(CC(=O)n1nc2ccccn2c1=O)C1CCCNC1. The van der Waals surface area contributed by atoms with Crippen LogP contribution >= 0.6 is 0 Å². The zero-order valence-electron chi connectivity index (χ0n) is 12.0. The quantitative estimate of drug-likeness (QED) is 0.849. The lowest BCUT2D eigenvalue weighted by molar-refractivity contribution is 0.0803. The summed E-state index contributed by atoms with van der Waals surface area (Å²) in [5, 5.41) is 7.41. The molecule has 0 aromatic carbocycles. The number of fused-ring (bicyclic) bond motifs is 1. The van der Waals surface area contributed by atoms with Crippen LogP contribution in [0.1, 0.15) is 17.6 Å². The highest BCUT2D eigenvalue weighted by Crippen LogP contribution is 2.08. The van der Waals surface area contributed by atoms with Crippen molar-refractivity contribution in [3.05, 3.63) is 34.9 Å². The Morgan fingerprint density at radius 3 is 3.10 bits per heavy atom. The Morgan fingerprint density at radius 2 is 2.38 bits per heavy atom. The van der Waals surface area contributed by atoms with Crippen molar-refractivity contribution in [2.45, 2.75) is 18.9 Å². The first-order chi connectivity index (χ1) is 10.2. The normalized spacial score (nSPS) is 19.2. The van der Waals surface area contributed by atoms with E-state index in [9.17, 15) is 9.59 Å². The lowest BCUT2D eigenvalue weighted by Crippen LogP contribution is -2.47. The van der Waals surface area contributed by atoms with E-state index in [1.165, 1.54) is 4.40 Å². The van der Waals surface area contributed by atoms with Gasteiger partial charge in [-0.1, -0.05) is 6.07 Å². The summed E-state index contributed by atoms with van der Waals surface area (Å²) in [4.78, 5) is 26.4. The highest BCUT2D eigenvalue weighted by atomic mass is 16.2. The van der Waals surface area contributed by atoms with E-state index in [1.54, 1.807) is 24.4 Å². The third-order valence-electron chi connectivity index (χ3n) is 3.94. The van der Waals surface area contributed by atoms with Crippen molar-refractivity contribution in [3.8, 4) is 0 Å². The highest BCUT2D eigenvalue weighted by Gasteiger charge is 2.22. The summed E-state index contributed by atoms with van der Waals surface area (Å²) in [5.41, 5.74) is 0.0728. The monoisotopic (exact) mass is 289 g/mol. The Bertz CT molecular complexity index is 699. The second-order valence-electron chi connectivity index (χ2n) is 5.43. The third kappa shape index (κ3) is 2.74. The lowest BCUT2D eigenvalue weighted by atomic mass is 10.1. The number of hydrogen-bond acceptors (Lipinski definition) is 5. The van der Waals surface area contributed by atoms with Crippen LogP contribution < -0.4 is 11.0 Å². The van der Waals surface area contributed by atoms with Crippen molar-refractivity contribution in [3.63, 3.8) is 0 Å². The van der Waals surface area contributed by atoms with Gasteiger partial charge in [0.15, 0.2) is 5.65 Å². The van der Waals surface area contributed by atoms with Gasteiger partial charge in [0.25, 0.3) is 5.91 Å². The third-order valence-corrected chi connectivity index (χ3v) is 3.94. The minimum absolute atomic E-state index is 0.191. The van der Waals surface area contributed by atoms with E-state index in [2.05, 4.69) is 10.4 Å². The molecule has 7 heteroatoms. The Morgan fingerprint density at radius 1 is 1.52 bits per heavy atom. The van der Waals surface area contributed by atoms with Gasteiger partial charge in [-0.2, -0.15) is 0 Å². The van der Waals surface area contributed by atoms with Crippen molar-refractivity contribution in [2.75, 3.05) is 26.7 Å². The van der Waals surface area contributed by atoms with E-state index < -0.39 is 5.69 Å². The van der Waals surface area contributed by atoms with E-state index in [4.69, 9.17) is 0 Å². The zero-order chi connectivity index (χ0) is 14.8. The minimum atomic E-state index is -0.411. The predicted octanol–water partition coefficient (Wildman–Crippen LogP) is -0.180. The fraction of sp³-hybridized carbons (Fsp3) is 0.500. The zero-order valence-corrected chi connectivity index (χ0v) is 12.0. The molecule has 1 unspecified atom stereocenters. The van der Waals surface area contributed by atoms with Gasteiger partial charge < -0.3 is 5.32 Å². The van der Waals surface area contributed by atoms with Crippen molar-refractivity contribution in [1.82, 2.24) is 24.4 Å². The molecule has 3 heterocycles. The van der Waals surface area contributed by atoms with Crippen molar-refractivity contribution in [1.29, 1.82) is 0 Å². The molecular formula is C14H19N5O2. The number of hydrogen-bond donors (Lipinski definition) is 1. The van der Waals surface area contributed by atoms with Gasteiger partial charge in [0.2, 0.25) is 0 Å². The largest absolute Gasteiger partial charge is 0.357 e. The Labute approximate surface area is 122 Å². The molecule has 1 aliphatic heterocycles. The molecule has 1 fully saturated rings. The molecule has 0 spiro atoms. The molecule has 1 aliphatic rings. The molecule has 0 bridgehead atoms. The summed E-state index contributed by atoms with van der Waals surface area (Å²) in [6.45, 7) is 2.10. The van der Waals surface area contributed by atoms with Crippen molar-refractivity contribution < 1.29 is 4.79 Å². The number of nitrogens with zero attached hydrogens (tertiary/aromatic N) is 4. The van der Waals surface area contributed by atoms with E-state index >= 15 is 0 Å². The van der Waals surface area contributed by atoms with E-state index in [-0.39, 0.29) is 12.5 Å². The first-order valence-corrected chi connectivity index (χ1v) is 7.17. The molecule has 7 nitrogen and oxygen atoms in total. The molecule has 1 saturated heterocycles. The second-order valence-corrected chi connectivity index (χ2v) is 5.43. The minimum Gasteiger partial charge on any atom is -0.315 e. The fourth-order valence-corrected chi connectivity index (χ4v) is 2.71. The van der Waals surface area contributed by atoms with Crippen LogP contribution in [0.25, 0.3) is 5.65 Å². The summed E-state index contributed by atoms with van der Waals surface area (Å²) >= 11 is 0. The first-order valence-electron chi connectivity index (χ1n) is 7.17. The number of carbonyl (C=O) groups excluding carboxylic acids is 1. The van der Waals surface area contributed by atoms with Crippen LogP contribution in [0.5, 0.6) is 0 Å². The van der Waals surface area contributed by atoms with Crippen molar-refractivity contribution in [2.24, 2.45) is 0 Å². The molecule has 2 aromatic rings. The maximum Gasteiger partial charge on any atom is 0.357 e. The summed E-state index contributed by atoms with van der Waals surface area (Å²) in [6, 6.07) is 5.57. The van der Waals surface area contributed by atoms with Gasteiger partial charge >= 0.3 is 5.69 Å². The van der Waals surface area contributed by atoms with Crippen LogP contribution in [0.4, 0.5) is 0 Å². The van der Waals surface area contributed by atoms with Crippen LogP contribution in [-0.2, 0) is 0 Å². The van der Waals surface area contributed by atoms with Gasteiger partial charge in [0.05, 0.1) is 6.54 Å². The molecule has 21 heavy (non-hydrogen) atoms. The van der Waals surface area contributed by atoms with Crippen LogP contribution in [-0.4, -0.2) is 57.7 Å². The molecule has 0 saturated carbocycles. The number of piperidine rings is 1. The Hall–Kier alpha value is -1.99. The molecule has 3 rings (SSSR count). The number of likely N-dealkylation sites (N-methyl/N-ethyl adjacent to an activating group) is 1. The Kier molecular flexibility index (Phi) is 3.85. The Balaban J connectivity index is 1.77. The molecule has 0 radical (unpaired) electrons. The second kappa shape index (κ2) is 5.79. The average molecular weight is 289 g/mol. The van der Waals surface area contributed by atoms with E-state index in [0.717, 1.165) is 30.6 Å². The highest BCUT2D eigenvalue weighted by molar-refractivity contribution is 5.80. The number of pyridine rings is 1. The molecule has 112 valence electrons. The van der Waals surface area contributed by atoms with E-state index in [0.29, 0.717) is 11.7 Å². The molecule has 0 amide bonds.